The molecule has 114 valence electrons. The summed E-state index contributed by atoms with van der Waals surface area (Å²) in [5.74, 6) is 1.54. The van der Waals surface area contributed by atoms with Crippen LogP contribution >= 0.6 is 0 Å². The van der Waals surface area contributed by atoms with E-state index >= 15 is 0 Å². The summed E-state index contributed by atoms with van der Waals surface area (Å²) in [4.78, 5) is 0. The van der Waals surface area contributed by atoms with Crippen molar-refractivity contribution in [2.24, 2.45) is 11.3 Å². The van der Waals surface area contributed by atoms with Crippen molar-refractivity contribution in [1.29, 1.82) is 0 Å². The molecule has 0 heterocycles. The van der Waals surface area contributed by atoms with Crippen LogP contribution in [-0.2, 0) is 6.54 Å². The lowest BCUT2D eigenvalue weighted by atomic mass is 9.91. The van der Waals surface area contributed by atoms with Crippen molar-refractivity contribution in [3.63, 3.8) is 0 Å². The van der Waals surface area contributed by atoms with Crippen LogP contribution < -0.4 is 10.1 Å². The molecule has 0 aliphatic carbocycles. The fourth-order valence-corrected chi connectivity index (χ4v) is 1.94. The Morgan fingerprint density at radius 2 is 1.75 bits per heavy atom. The van der Waals surface area contributed by atoms with Gasteiger partial charge in [0.05, 0.1) is 6.61 Å². The molecule has 20 heavy (non-hydrogen) atoms. The van der Waals surface area contributed by atoms with Crippen molar-refractivity contribution in [2.75, 3.05) is 13.2 Å². The van der Waals surface area contributed by atoms with E-state index in [1.807, 2.05) is 0 Å². The van der Waals surface area contributed by atoms with Crippen LogP contribution in [0.2, 0.25) is 0 Å². The monoisotopic (exact) mass is 277 g/mol. The summed E-state index contributed by atoms with van der Waals surface area (Å²) in [5.41, 5.74) is 1.76. The minimum absolute atomic E-state index is 0.442. The summed E-state index contributed by atoms with van der Waals surface area (Å²) in [6.45, 7) is 14.0. The first-order valence-corrected chi connectivity index (χ1v) is 7.79. The molecular weight excluding hydrogens is 246 g/mol. The van der Waals surface area contributed by atoms with Gasteiger partial charge in [-0.25, -0.2) is 0 Å². The molecule has 1 N–H and O–H groups in total. The first-order valence-electron chi connectivity index (χ1n) is 7.79. The van der Waals surface area contributed by atoms with Gasteiger partial charge < -0.3 is 10.1 Å². The smallest absolute Gasteiger partial charge is 0.119 e. The fraction of sp³-hybridized carbons (Fsp3) is 0.667. The van der Waals surface area contributed by atoms with Crippen molar-refractivity contribution in [3.05, 3.63) is 29.8 Å². The Morgan fingerprint density at radius 3 is 2.30 bits per heavy atom. The molecule has 1 rings (SSSR count). The van der Waals surface area contributed by atoms with E-state index < -0.39 is 0 Å². The van der Waals surface area contributed by atoms with Crippen molar-refractivity contribution in [2.45, 2.75) is 54.0 Å². The molecule has 0 atom stereocenters. The minimum atomic E-state index is 0.442. The summed E-state index contributed by atoms with van der Waals surface area (Å²) in [6.07, 6.45) is 2.50. The maximum absolute atomic E-state index is 5.68. The number of ether oxygens (including phenoxy) is 1. The minimum Gasteiger partial charge on any atom is -0.493 e. The van der Waals surface area contributed by atoms with Crippen LogP contribution in [0.4, 0.5) is 0 Å². The molecule has 1 aromatic carbocycles. The average molecular weight is 277 g/mol. The largest absolute Gasteiger partial charge is 0.493 e. The normalized spacial score (nSPS) is 11.9. The predicted octanol–water partition coefficient (Wildman–Crippen LogP) is 4.64. The van der Waals surface area contributed by atoms with Gasteiger partial charge in [0.15, 0.2) is 0 Å². The van der Waals surface area contributed by atoms with Gasteiger partial charge >= 0.3 is 0 Å². The molecule has 0 fully saturated rings. The van der Waals surface area contributed by atoms with Crippen LogP contribution in [0.25, 0.3) is 0 Å². The van der Waals surface area contributed by atoms with Gasteiger partial charge in [0.1, 0.15) is 5.75 Å². The Labute approximate surface area is 124 Å². The van der Waals surface area contributed by atoms with Crippen molar-refractivity contribution >= 4 is 0 Å². The van der Waals surface area contributed by atoms with Gasteiger partial charge in [-0.1, -0.05) is 46.8 Å². The zero-order chi connectivity index (χ0) is 15.0. The zero-order valence-electron chi connectivity index (χ0n) is 13.8. The molecule has 2 heteroatoms. The Bertz CT molecular complexity index is 362. The van der Waals surface area contributed by atoms with E-state index in [4.69, 9.17) is 4.74 Å². The molecule has 0 spiro atoms. The molecule has 0 amide bonds. The Kier molecular flexibility index (Phi) is 7.08. The summed E-state index contributed by atoms with van der Waals surface area (Å²) in [7, 11) is 0. The molecule has 1 aromatic rings. The predicted molar refractivity (Wildman–Crippen MR) is 87.2 cm³/mol. The SMILES string of the molecule is CC(C)COc1ccc(CNCCCC(C)(C)C)cc1. The topological polar surface area (TPSA) is 21.3 Å². The summed E-state index contributed by atoms with van der Waals surface area (Å²) >= 11 is 0. The third kappa shape index (κ3) is 8.21. The highest BCUT2D eigenvalue weighted by Crippen LogP contribution is 2.19. The van der Waals surface area contributed by atoms with Gasteiger partial charge in [-0.15, -0.1) is 0 Å². The Hall–Kier alpha value is -1.02. The summed E-state index contributed by atoms with van der Waals surface area (Å²) in [6, 6.07) is 8.42. The van der Waals surface area contributed by atoms with Crippen LogP contribution in [0.1, 0.15) is 53.0 Å². The van der Waals surface area contributed by atoms with Gasteiger partial charge in [-0.05, 0) is 48.4 Å². The highest BCUT2D eigenvalue weighted by molar-refractivity contribution is 5.27. The number of rotatable bonds is 8. The summed E-state index contributed by atoms with van der Waals surface area (Å²) < 4.78 is 5.68. The number of benzene rings is 1. The molecule has 0 aromatic heterocycles. The molecule has 0 bridgehead atoms. The van der Waals surface area contributed by atoms with Crippen LogP contribution in [0.3, 0.4) is 0 Å². The Morgan fingerprint density at radius 1 is 1.10 bits per heavy atom. The molecule has 0 unspecified atom stereocenters. The first-order chi connectivity index (χ1) is 9.37. The zero-order valence-corrected chi connectivity index (χ0v) is 13.8. The van der Waals surface area contributed by atoms with E-state index in [-0.39, 0.29) is 0 Å². The second-order valence-electron chi connectivity index (χ2n) is 7.19. The third-order valence-electron chi connectivity index (χ3n) is 3.12. The van der Waals surface area contributed by atoms with Crippen molar-refractivity contribution in [1.82, 2.24) is 5.32 Å². The van der Waals surface area contributed by atoms with Gasteiger partial charge in [0.25, 0.3) is 0 Å². The van der Waals surface area contributed by atoms with Gasteiger partial charge in [0.2, 0.25) is 0 Å². The van der Waals surface area contributed by atoms with E-state index in [1.54, 1.807) is 0 Å². The molecule has 0 radical (unpaired) electrons. The molecular formula is C18H31NO. The average Bonchev–Trinajstić information content (AvgIpc) is 2.36. The van der Waals surface area contributed by atoms with Crippen LogP contribution in [0, 0.1) is 11.3 Å². The fourth-order valence-electron chi connectivity index (χ4n) is 1.94. The van der Waals surface area contributed by atoms with Crippen molar-refractivity contribution < 1.29 is 4.74 Å². The maximum Gasteiger partial charge on any atom is 0.119 e. The molecule has 2 nitrogen and oxygen atoms in total. The van der Waals surface area contributed by atoms with Gasteiger partial charge in [0, 0.05) is 6.54 Å². The first kappa shape index (κ1) is 17.0. The standard InChI is InChI=1S/C18H31NO/c1-15(2)14-20-17-9-7-16(8-10-17)13-19-12-6-11-18(3,4)5/h7-10,15,19H,6,11-14H2,1-5H3. The van der Waals surface area contributed by atoms with E-state index in [1.165, 1.54) is 18.4 Å². The lowest BCUT2D eigenvalue weighted by molar-refractivity contribution is 0.271. The highest BCUT2D eigenvalue weighted by Gasteiger charge is 2.08. The number of nitrogens with one attached hydrogen (secondary N) is 1. The van der Waals surface area contributed by atoms with E-state index in [0.717, 1.165) is 25.4 Å². The molecule has 0 aliphatic rings. The van der Waals surface area contributed by atoms with Crippen LogP contribution in [0.15, 0.2) is 24.3 Å². The lowest BCUT2D eigenvalue weighted by Crippen LogP contribution is -2.17. The third-order valence-corrected chi connectivity index (χ3v) is 3.12. The number of hydrogen-bond donors (Lipinski definition) is 1. The van der Waals surface area contributed by atoms with Crippen molar-refractivity contribution in [3.8, 4) is 5.75 Å². The second-order valence-corrected chi connectivity index (χ2v) is 7.19. The van der Waals surface area contributed by atoms with E-state index in [2.05, 4.69) is 64.2 Å². The second kappa shape index (κ2) is 8.31. The summed E-state index contributed by atoms with van der Waals surface area (Å²) in [5, 5.41) is 3.50. The molecule has 0 aliphatic heterocycles. The molecule has 0 saturated carbocycles. The quantitative estimate of drug-likeness (QED) is 0.699. The maximum atomic E-state index is 5.68. The van der Waals surface area contributed by atoms with Crippen LogP contribution in [-0.4, -0.2) is 13.2 Å². The van der Waals surface area contributed by atoms with E-state index in [9.17, 15) is 0 Å². The number of hydrogen-bond acceptors (Lipinski definition) is 2. The van der Waals surface area contributed by atoms with Gasteiger partial charge in [-0.2, -0.15) is 0 Å². The lowest BCUT2D eigenvalue weighted by Gasteiger charge is -2.17. The van der Waals surface area contributed by atoms with Crippen LogP contribution in [0.5, 0.6) is 5.75 Å². The Balaban J connectivity index is 2.21. The molecule has 0 saturated heterocycles. The highest BCUT2D eigenvalue weighted by atomic mass is 16.5. The van der Waals surface area contributed by atoms with E-state index in [0.29, 0.717) is 11.3 Å². The van der Waals surface area contributed by atoms with Gasteiger partial charge in [-0.3, -0.25) is 0 Å².